The highest BCUT2D eigenvalue weighted by Crippen LogP contribution is 2.34. The van der Waals surface area contributed by atoms with E-state index in [9.17, 15) is 13.2 Å². The fraction of sp³-hybridized carbons (Fsp3) is 0.250. The Morgan fingerprint density at radius 2 is 2.09 bits per heavy atom. The summed E-state index contributed by atoms with van der Waals surface area (Å²) in [5.74, 6) is 0.734. The van der Waals surface area contributed by atoms with E-state index in [4.69, 9.17) is 9.47 Å². The molecule has 0 bridgehead atoms. The first kappa shape index (κ1) is 15.6. The molecule has 1 aromatic heterocycles. The maximum atomic E-state index is 12.1. The number of ether oxygens (including phenoxy) is 2. The zero-order valence-electron chi connectivity index (χ0n) is 11.9. The third-order valence-corrected chi connectivity index (χ3v) is 4.37. The lowest BCUT2D eigenvalue weighted by Crippen LogP contribution is -2.21. The molecule has 1 amide bonds. The van der Waals surface area contributed by atoms with Crippen molar-refractivity contribution in [3.63, 3.8) is 0 Å². The highest BCUT2D eigenvalue weighted by Gasteiger charge is 2.17. The summed E-state index contributed by atoms with van der Waals surface area (Å²) in [5, 5.41) is 10.7. The van der Waals surface area contributed by atoms with Gasteiger partial charge in [0, 0.05) is 11.8 Å². The third kappa shape index (κ3) is 3.94. The number of hydrogen-bond acceptors (Lipinski definition) is 8. The number of hydrogen-bond donors (Lipinski definition) is 2. The van der Waals surface area contributed by atoms with Crippen molar-refractivity contribution in [1.29, 1.82) is 0 Å². The Kier molecular flexibility index (Phi) is 4.15. The third-order valence-electron chi connectivity index (χ3n) is 2.78. The molecule has 2 N–H and O–H groups in total. The summed E-state index contributed by atoms with van der Waals surface area (Å²) in [6, 6.07) is 5.02. The second-order valence-electron chi connectivity index (χ2n) is 4.62. The molecule has 11 heteroatoms. The van der Waals surface area contributed by atoms with Crippen molar-refractivity contribution >= 4 is 33.0 Å². The Morgan fingerprint density at radius 1 is 1.30 bits per heavy atom. The molecular weight excluding hydrogens is 344 g/mol. The molecule has 0 saturated carbocycles. The highest BCUT2D eigenvalue weighted by atomic mass is 32.2. The SMILES string of the molecule is CS(=O)(=O)NCc1nnc(C(=O)Nc2ccc3c(c2)OCO3)s1. The zero-order chi connectivity index (χ0) is 16.4. The molecule has 122 valence electrons. The topological polar surface area (TPSA) is 120 Å². The summed E-state index contributed by atoms with van der Waals surface area (Å²) in [5.41, 5.74) is 0.533. The van der Waals surface area contributed by atoms with Gasteiger partial charge in [-0.15, -0.1) is 10.2 Å². The van der Waals surface area contributed by atoms with Crippen molar-refractivity contribution in [2.24, 2.45) is 0 Å². The van der Waals surface area contributed by atoms with Gasteiger partial charge in [-0.2, -0.15) is 0 Å². The Labute approximate surface area is 135 Å². The lowest BCUT2D eigenvalue weighted by molar-refractivity contribution is 0.102. The number of carbonyl (C=O) groups excluding carboxylic acids is 1. The van der Waals surface area contributed by atoms with Gasteiger partial charge < -0.3 is 14.8 Å². The minimum absolute atomic E-state index is 0.00615. The predicted molar refractivity (Wildman–Crippen MR) is 82.1 cm³/mol. The van der Waals surface area contributed by atoms with Crippen LogP contribution in [-0.2, 0) is 16.6 Å². The average Bonchev–Trinajstić information content (AvgIpc) is 3.13. The maximum Gasteiger partial charge on any atom is 0.286 e. The number of fused-ring (bicyclic) bond motifs is 1. The van der Waals surface area contributed by atoms with Crippen LogP contribution < -0.4 is 19.5 Å². The fourth-order valence-corrected chi connectivity index (χ4v) is 2.93. The van der Waals surface area contributed by atoms with Crippen molar-refractivity contribution in [2.45, 2.75) is 6.54 Å². The van der Waals surface area contributed by atoms with E-state index >= 15 is 0 Å². The van der Waals surface area contributed by atoms with Crippen LogP contribution >= 0.6 is 11.3 Å². The van der Waals surface area contributed by atoms with Crippen LogP contribution in [0.25, 0.3) is 0 Å². The second-order valence-corrected chi connectivity index (χ2v) is 7.51. The normalized spacial score (nSPS) is 13.1. The minimum Gasteiger partial charge on any atom is -0.454 e. The first-order chi connectivity index (χ1) is 10.9. The molecular formula is C12H12N4O5S2. The minimum atomic E-state index is -3.33. The van der Waals surface area contributed by atoms with Crippen LogP contribution in [0.1, 0.15) is 14.8 Å². The molecule has 0 spiro atoms. The summed E-state index contributed by atoms with van der Waals surface area (Å²) < 4.78 is 34.8. The lowest BCUT2D eigenvalue weighted by atomic mass is 10.3. The smallest absolute Gasteiger partial charge is 0.286 e. The number of nitrogens with one attached hydrogen (secondary N) is 2. The molecule has 0 saturated heterocycles. The van der Waals surface area contributed by atoms with Gasteiger partial charge in [0.2, 0.25) is 21.8 Å². The van der Waals surface area contributed by atoms with Gasteiger partial charge in [-0.05, 0) is 12.1 Å². The van der Waals surface area contributed by atoms with Gasteiger partial charge in [-0.3, -0.25) is 4.79 Å². The number of benzene rings is 1. The Bertz CT molecular complexity index is 849. The summed E-state index contributed by atoms with van der Waals surface area (Å²) >= 11 is 1.01. The summed E-state index contributed by atoms with van der Waals surface area (Å²) in [4.78, 5) is 12.1. The van der Waals surface area contributed by atoms with Crippen molar-refractivity contribution < 1.29 is 22.7 Å². The first-order valence-electron chi connectivity index (χ1n) is 6.39. The van der Waals surface area contributed by atoms with E-state index in [0.29, 0.717) is 22.2 Å². The van der Waals surface area contributed by atoms with E-state index in [2.05, 4.69) is 20.2 Å². The second kappa shape index (κ2) is 6.10. The van der Waals surface area contributed by atoms with Crippen molar-refractivity contribution in [3.05, 3.63) is 28.2 Å². The van der Waals surface area contributed by atoms with Gasteiger partial charge in [0.25, 0.3) is 5.91 Å². The van der Waals surface area contributed by atoms with Gasteiger partial charge in [-0.25, -0.2) is 13.1 Å². The number of nitrogens with zero attached hydrogens (tertiary/aromatic N) is 2. The van der Waals surface area contributed by atoms with E-state index in [1.54, 1.807) is 18.2 Å². The molecule has 23 heavy (non-hydrogen) atoms. The summed E-state index contributed by atoms with van der Waals surface area (Å²) in [6.45, 7) is 0.146. The van der Waals surface area contributed by atoms with E-state index < -0.39 is 15.9 Å². The number of aromatic nitrogens is 2. The van der Waals surface area contributed by atoms with Gasteiger partial charge in [0.15, 0.2) is 11.5 Å². The lowest BCUT2D eigenvalue weighted by Gasteiger charge is -2.03. The van der Waals surface area contributed by atoms with Crippen LogP contribution in [-0.4, -0.2) is 37.6 Å². The molecule has 3 rings (SSSR count). The largest absolute Gasteiger partial charge is 0.454 e. The van der Waals surface area contributed by atoms with Crippen LogP contribution in [0, 0.1) is 0 Å². The number of amides is 1. The van der Waals surface area contributed by atoms with Crippen LogP contribution in [0.4, 0.5) is 5.69 Å². The summed E-state index contributed by atoms with van der Waals surface area (Å²) in [6.07, 6.45) is 1.04. The molecule has 0 fully saturated rings. The van der Waals surface area contributed by atoms with Crippen LogP contribution in [0.2, 0.25) is 0 Å². The van der Waals surface area contributed by atoms with Crippen molar-refractivity contribution in [2.75, 3.05) is 18.4 Å². The van der Waals surface area contributed by atoms with Gasteiger partial charge >= 0.3 is 0 Å². The van der Waals surface area contributed by atoms with E-state index in [1.807, 2.05) is 0 Å². The molecule has 1 aliphatic rings. The average molecular weight is 356 g/mol. The molecule has 9 nitrogen and oxygen atoms in total. The van der Waals surface area contributed by atoms with E-state index in [1.165, 1.54) is 0 Å². The fourth-order valence-electron chi connectivity index (χ4n) is 1.77. The van der Waals surface area contributed by atoms with Gasteiger partial charge in [0.1, 0.15) is 5.01 Å². The van der Waals surface area contributed by atoms with E-state index in [0.717, 1.165) is 17.6 Å². The number of carbonyl (C=O) groups is 1. The number of rotatable bonds is 5. The molecule has 0 radical (unpaired) electrons. The van der Waals surface area contributed by atoms with E-state index in [-0.39, 0.29) is 18.3 Å². The zero-order valence-corrected chi connectivity index (χ0v) is 13.5. The molecule has 1 aliphatic heterocycles. The molecule has 0 unspecified atom stereocenters. The molecule has 2 aromatic rings. The molecule has 0 aliphatic carbocycles. The Hall–Kier alpha value is -2.24. The molecule has 1 aromatic carbocycles. The molecule has 2 heterocycles. The Balaban J connectivity index is 1.65. The maximum absolute atomic E-state index is 12.1. The first-order valence-corrected chi connectivity index (χ1v) is 9.09. The van der Waals surface area contributed by atoms with Crippen molar-refractivity contribution in [3.8, 4) is 11.5 Å². The van der Waals surface area contributed by atoms with Crippen molar-refractivity contribution in [1.82, 2.24) is 14.9 Å². The van der Waals surface area contributed by atoms with Crippen LogP contribution in [0.15, 0.2) is 18.2 Å². The summed E-state index contributed by atoms with van der Waals surface area (Å²) in [7, 11) is -3.33. The van der Waals surface area contributed by atoms with Crippen LogP contribution in [0.5, 0.6) is 11.5 Å². The standard InChI is InChI=1S/C12H12N4O5S2/c1-23(18,19)13-5-10-15-16-12(22-10)11(17)14-7-2-3-8-9(4-7)21-6-20-8/h2-4,13H,5-6H2,1H3,(H,14,17). The number of sulfonamides is 1. The molecule has 0 atom stereocenters. The van der Waals surface area contributed by atoms with Gasteiger partial charge in [-0.1, -0.05) is 11.3 Å². The Morgan fingerprint density at radius 3 is 2.87 bits per heavy atom. The number of anilines is 1. The predicted octanol–water partition coefficient (Wildman–Crippen LogP) is 0.568. The quantitative estimate of drug-likeness (QED) is 0.803. The van der Waals surface area contributed by atoms with Gasteiger partial charge in [0.05, 0.1) is 12.8 Å². The highest BCUT2D eigenvalue weighted by molar-refractivity contribution is 7.88. The monoisotopic (exact) mass is 356 g/mol. The van der Waals surface area contributed by atoms with Crippen LogP contribution in [0.3, 0.4) is 0 Å².